The maximum absolute atomic E-state index is 12.0. The fourth-order valence-electron chi connectivity index (χ4n) is 4.49. The smallest absolute Gasteiger partial charge is 0.334 e. The van der Waals surface area contributed by atoms with Gasteiger partial charge in [-0.3, -0.25) is 4.79 Å². The molecule has 1 fully saturated rings. The molecule has 0 amide bonds. The molecule has 126 valence electrons. The Balaban J connectivity index is 2.06. The normalized spacial score (nSPS) is 39.3. The van der Waals surface area contributed by atoms with Crippen molar-refractivity contribution in [1.82, 2.24) is 0 Å². The lowest BCUT2D eigenvalue weighted by atomic mass is 9.56. The van der Waals surface area contributed by atoms with Crippen molar-refractivity contribution in [2.45, 2.75) is 58.8 Å². The molecule has 0 N–H and O–H groups in total. The Morgan fingerprint density at radius 2 is 2.13 bits per heavy atom. The summed E-state index contributed by atoms with van der Waals surface area (Å²) >= 11 is 0. The zero-order chi connectivity index (χ0) is 16.9. The summed E-state index contributed by atoms with van der Waals surface area (Å²) in [6.45, 7) is 7.48. The van der Waals surface area contributed by atoms with Crippen molar-refractivity contribution >= 4 is 11.9 Å². The average molecular weight is 320 g/mol. The van der Waals surface area contributed by atoms with Gasteiger partial charge < -0.3 is 14.2 Å². The topological polar surface area (TPSA) is 61.8 Å². The summed E-state index contributed by atoms with van der Waals surface area (Å²) in [5.41, 5.74) is 2.48. The van der Waals surface area contributed by atoms with Crippen LogP contribution in [0.15, 0.2) is 22.8 Å². The van der Waals surface area contributed by atoms with Crippen molar-refractivity contribution in [2.24, 2.45) is 11.3 Å². The van der Waals surface area contributed by atoms with Crippen LogP contribution in [-0.2, 0) is 23.8 Å². The first-order valence-corrected chi connectivity index (χ1v) is 8.13. The van der Waals surface area contributed by atoms with Crippen LogP contribution in [0.25, 0.3) is 0 Å². The lowest BCUT2D eigenvalue weighted by Crippen LogP contribution is -2.53. The third-order valence-electron chi connectivity index (χ3n) is 5.91. The second-order valence-electron chi connectivity index (χ2n) is 6.97. The molecule has 5 nitrogen and oxygen atoms in total. The molecule has 5 atom stereocenters. The number of esters is 2. The summed E-state index contributed by atoms with van der Waals surface area (Å²) in [6, 6.07) is 0. The fourth-order valence-corrected chi connectivity index (χ4v) is 4.49. The molecule has 1 heterocycles. The van der Waals surface area contributed by atoms with Gasteiger partial charge in [0.15, 0.2) is 0 Å². The predicted molar refractivity (Wildman–Crippen MR) is 83.5 cm³/mol. The molecular weight excluding hydrogens is 296 g/mol. The number of hydrogen-bond donors (Lipinski definition) is 0. The van der Waals surface area contributed by atoms with E-state index in [4.69, 9.17) is 14.2 Å². The Morgan fingerprint density at radius 1 is 1.43 bits per heavy atom. The van der Waals surface area contributed by atoms with Gasteiger partial charge in [0.1, 0.15) is 12.2 Å². The van der Waals surface area contributed by atoms with Gasteiger partial charge in [-0.05, 0) is 25.8 Å². The Hall–Kier alpha value is -1.62. The zero-order valence-electron chi connectivity index (χ0n) is 14.3. The number of rotatable bonds is 2. The van der Waals surface area contributed by atoms with Crippen LogP contribution >= 0.6 is 0 Å². The third kappa shape index (κ3) is 2.24. The molecule has 0 aromatic carbocycles. The number of carbonyl (C=O) groups excluding carboxylic acids is 2. The molecule has 23 heavy (non-hydrogen) atoms. The van der Waals surface area contributed by atoms with E-state index in [1.807, 2.05) is 0 Å². The molecule has 0 radical (unpaired) electrons. The van der Waals surface area contributed by atoms with Crippen molar-refractivity contribution in [3.63, 3.8) is 0 Å². The van der Waals surface area contributed by atoms with E-state index >= 15 is 0 Å². The Kier molecular flexibility index (Phi) is 3.87. The van der Waals surface area contributed by atoms with Gasteiger partial charge in [0.25, 0.3) is 0 Å². The predicted octanol–water partition coefficient (Wildman–Crippen LogP) is 2.55. The van der Waals surface area contributed by atoms with Gasteiger partial charge >= 0.3 is 11.9 Å². The number of methoxy groups -OCH3 is 1. The Morgan fingerprint density at radius 3 is 2.74 bits per heavy atom. The highest BCUT2D eigenvalue weighted by molar-refractivity contribution is 5.92. The number of fused-ring (bicyclic) bond motifs is 2. The maximum Gasteiger partial charge on any atom is 0.334 e. The van der Waals surface area contributed by atoms with Crippen LogP contribution in [0.1, 0.15) is 40.5 Å². The van der Waals surface area contributed by atoms with Crippen molar-refractivity contribution in [3.8, 4) is 0 Å². The summed E-state index contributed by atoms with van der Waals surface area (Å²) in [5, 5.41) is 0. The molecule has 1 saturated carbocycles. The maximum atomic E-state index is 12.0. The van der Waals surface area contributed by atoms with E-state index in [1.165, 1.54) is 12.5 Å². The summed E-state index contributed by atoms with van der Waals surface area (Å²) in [7, 11) is 1.67. The van der Waals surface area contributed by atoms with Gasteiger partial charge in [0, 0.05) is 36.5 Å². The van der Waals surface area contributed by atoms with Gasteiger partial charge in [0.2, 0.25) is 0 Å². The summed E-state index contributed by atoms with van der Waals surface area (Å²) < 4.78 is 16.9. The molecule has 5 unspecified atom stereocenters. The largest absolute Gasteiger partial charge is 0.462 e. The van der Waals surface area contributed by atoms with E-state index in [-0.39, 0.29) is 41.6 Å². The van der Waals surface area contributed by atoms with Crippen LogP contribution in [0.4, 0.5) is 0 Å². The van der Waals surface area contributed by atoms with Crippen LogP contribution in [0.5, 0.6) is 0 Å². The highest BCUT2D eigenvalue weighted by atomic mass is 16.6. The quantitative estimate of drug-likeness (QED) is 0.578. The van der Waals surface area contributed by atoms with Crippen molar-refractivity contribution in [3.05, 3.63) is 22.8 Å². The minimum absolute atomic E-state index is 0.0910. The van der Waals surface area contributed by atoms with E-state index in [9.17, 15) is 9.59 Å². The summed E-state index contributed by atoms with van der Waals surface area (Å²) in [6.07, 6.45) is 2.99. The second-order valence-corrected chi connectivity index (χ2v) is 6.97. The van der Waals surface area contributed by atoms with E-state index in [1.54, 1.807) is 14.0 Å². The van der Waals surface area contributed by atoms with Crippen LogP contribution in [0.3, 0.4) is 0 Å². The SMILES string of the molecule is COC1C2=C(C)C(=O)OC2C=C2CCC(OC(C)=O)C(C)C21C. The molecule has 5 heteroatoms. The highest BCUT2D eigenvalue weighted by Gasteiger charge is 2.56. The van der Waals surface area contributed by atoms with Crippen molar-refractivity contribution < 1.29 is 23.8 Å². The Bertz CT molecular complexity index is 617. The second kappa shape index (κ2) is 5.48. The molecule has 3 rings (SSSR count). The van der Waals surface area contributed by atoms with Crippen LogP contribution < -0.4 is 0 Å². The first-order chi connectivity index (χ1) is 10.8. The number of carbonyl (C=O) groups is 2. The molecule has 3 aliphatic rings. The first-order valence-electron chi connectivity index (χ1n) is 8.13. The van der Waals surface area contributed by atoms with E-state index in [0.717, 1.165) is 18.4 Å². The monoisotopic (exact) mass is 320 g/mol. The van der Waals surface area contributed by atoms with E-state index in [0.29, 0.717) is 5.57 Å². The van der Waals surface area contributed by atoms with Crippen LogP contribution in [0, 0.1) is 11.3 Å². The van der Waals surface area contributed by atoms with Crippen LogP contribution in [0.2, 0.25) is 0 Å². The van der Waals surface area contributed by atoms with Gasteiger partial charge in [0.05, 0.1) is 6.10 Å². The van der Waals surface area contributed by atoms with Gasteiger partial charge in [-0.25, -0.2) is 4.79 Å². The molecule has 1 aliphatic heterocycles. The van der Waals surface area contributed by atoms with Gasteiger partial charge in [-0.1, -0.05) is 19.4 Å². The van der Waals surface area contributed by atoms with E-state index < -0.39 is 0 Å². The van der Waals surface area contributed by atoms with Crippen molar-refractivity contribution in [2.75, 3.05) is 7.11 Å². The molecule has 2 aliphatic carbocycles. The number of ether oxygens (including phenoxy) is 3. The van der Waals surface area contributed by atoms with Gasteiger partial charge in [-0.15, -0.1) is 0 Å². The molecule has 0 aromatic heterocycles. The summed E-state index contributed by atoms with van der Waals surface area (Å²) in [4.78, 5) is 23.4. The Labute approximate surface area is 136 Å². The summed E-state index contributed by atoms with van der Waals surface area (Å²) in [5.74, 6) is -0.432. The molecule has 0 spiro atoms. The third-order valence-corrected chi connectivity index (χ3v) is 5.91. The minimum atomic E-state index is -0.312. The standard InChI is InChI=1S/C18H24O5/c1-9-15-14(23-17(9)20)8-12-6-7-13(22-11(3)19)10(2)18(12,4)16(15)21-5/h8,10,13-14,16H,6-7H2,1-5H3. The van der Waals surface area contributed by atoms with E-state index in [2.05, 4.69) is 19.9 Å². The zero-order valence-corrected chi connectivity index (χ0v) is 14.3. The average Bonchev–Trinajstić information content (AvgIpc) is 2.76. The first kappa shape index (κ1) is 16.2. The van der Waals surface area contributed by atoms with Crippen LogP contribution in [-0.4, -0.2) is 37.4 Å². The highest BCUT2D eigenvalue weighted by Crippen LogP contribution is 2.55. The number of hydrogen-bond acceptors (Lipinski definition) is 5. The minimum Gasteiger partial charge on any atom is -0.462 e. The molecule has 0 aromatic rings. The lowest BCUT2D eigenvalue weighted by molar-refractivity contribution is -0.156. The molecule has 0 saturated heterocycles. The fraction of sp³-hybridized carbons (Fsp3) is 0.667. The molecular formula is C18H24O5. The van der Waals surface area contributed by atoms with Gasteiger partial charge in [-0.2, -0.15) is 0 Å². The molecule has 0 bridgehead atoms. The lowest BCUT2D eigenvalue weighted by Gasteiger charge is -2.52. The van der Waals surface area contributed by atoms with Crippen molar-refractivity contribution in [1.29, 1.82) is 0 Å².